The summed E-state index contributed by atoms with van der Waals surface area (Å²) in [5.41, 5.74) is 1.11. The van der Waals surface area contributed by atoms with E-state index in [0.29, 0.717) is 11.3 Å². The molecule has 0 unspecified atom stereocenters. The van der Waals surface area contributed by atoms with Gasteiger partial charge in [-0.25, -0.2) is 0 Å². The smallest absolute Gasteiger partial charge is 0.215 e. The first kappa shape index (κ1) is 10.3. The van der Waals surface area contributed by atoms with Crippen LogP contribution in [0, 0.1) is 0 Å². The van der Waals surface area contributed by atoms with E-state index in [-0.39, 0.29) is 5.78 Å². The van der Waals surface area contributed by atoms with Gasteiger partial charge >= 0.3 is 0 Å². The fraction of sp³-hybridized carbons (Fsp3) is 0.100. The fourth-order valence-corrected chi connectivity index (χ4v) is 2.32. The summed E-state index contributed by atoms with van der Waals surface area (Å²) in [6.45, 7) is 0. The van der Waals surface area contributed by atoms with Gasteiger partial charge in [-0.2, -0.15) is 0 Å². The Morgan fingerprint density at radius 3 is 2.73 bits per heavy atom. The quantitative estimate of drug-likeness (QED) is 0.606. The van der Waals surface area contributed by atoms with Crippen molar-refractivity contribution < 1.29 is 4.79 Å². The van der Waals surface area contributed by atoms with Gasteiger partial charge in [0.05, 0.1) is 0 Å². The molecular formula is C10H8N2OS2. The van der Waals surface area contributed by atoms with Gasteiger partial charge in [-0.1, -0.05) is 34.8 Å². The van der Waals surface area contributed by atoms with Crippen LogP contribution < -0.4 is 0 Å². The summed E-state index contributed by atoms with van der Waals surface area (Å²) in [5, 5.41) is 3.86. The molecule has 76 valence electrons. The second-order valence-electron chi connectivity index (χ2n) is 2.81. The molecule has 0 radical (unpaired) electrons. The number of nitrogens with zero attached hydrogens (tertiary/aromatic N) is 2. The van der Waals surface area contributed by atoms with E-state index in [1.807, 2.05) is 24.5 Å². The van der Waals surface area contributed by atoms with Crippen molar-refractivity contribution in [2.75, 3.05) is 6.26 Å². The molecule has 0 atom stereocenters. The minimum Gasteiger partial charge on any atom is -0.287 e. The SMILES string of the molecule is CSc1snnc1C(=O)c1ccccc1. The van der Waals surface area contributed by atoms with E-state index in [1.165, 1.54) is 23.3 Å². The average molecular weight is 236 g/mol. The van der Waals surface area contributed by atoms with Crippen molar-refractivity contribution in [2.45, 2.75) is 4.21 Å². The second kappa shape index (κ2) is 4.55. The number of carbonyl (C=O) groups excluding carboxylic acids is 1. The zero-order valence-electron chi connectivity index (χ0n) is 8.01. The zero-order chi connectivity index (χ0) is 10.7. The molecule has 0 aliphatic heterocycles. The molecule has 0 bridgehead atoms. The van der Waals surface area contributed by atoms with Crippen molar-refractivity contribution in [2.24, 2.45) is 0 Å². The molecule has 3 nitrogen and oxygen atoms in total. The van der Waals surface area contributed by atoms with Crippen LogP contribution >= 0.6 is 23.3 Å². The lowest BCUT2D eigenvalue weighted by molar-refractivity contribution is 0.103. The molecule has 0 aliphatic carbocycles. The number of hydrogen-bond acceptors (Lipinski definition) is 5. The highest BCUT2D eigenvalue weighted by Crippen LogP contribution is 2.24. The summed E-state index contributed by atoms with van der Waals surface area (Å²) in [7, 11) is 0. The van der Waals surface area contributed by atoms with E-state index in [4.69, 9.17) is 0 Å². The predicted octanol–water partition coefficient (Wildman–Crippen LogP) is 2.49. The number of rotatable bonds is 3. The molecule has 2 aromatic rings. The maximum absolute atomic E-state index is 12.0. The fourth-order valence-electron chi connectivity index (χ4n) is 1.18. The lowest BCUT2D eigenvalue weighted by atomic mass is 10.1. The van der Waals surface area contributed by atoms with Crippen molar-refractivity contribution in [3.63, 3.8) is 0 Å². The van der Waals surface area contributed by atoms with Crippen LogP contribution in [0.4, 0.5) is 0 Å². The molecule has 5 heteroatoms. The van der Waals surface area contributed by atoms with Crippen LogP contribution in [0.25, 0.3) is 0 Å². The van der Waals surface area contributed by atoms with Gasteiger partial charge in [0.25, 0.3) is 0 Å². The highest BCUT2D eigenvalue weighted by molar-refractivity contribution is 8.00. The number of aromatic nitrogens is 2. The van der Waals surface area contributed by atoms with Crippen LogP contribution in [0.3, 0.4) is 0 Å². The lowest BCUT2D eigenvalue weighted by Crippen LogP contribution is -2.02. The number of carbonyl (C=O) groups is 1. The Labute approximate surface area is 95.7 Å². The first-order valence-corrected chi connectivity index (χ1v) is 6.29. The van der Waals surface area contributed by atoms with Crippen molar-refractivity contribution in [3.8, 4) is 0 Å². The summed E-state index contributed by atoms with van der Waals surface area (Å²) < 4.78 is 4.65. The molecule has 2 rings (SSSR count). The minimum atomic E-state index is -0.0614. The van der Waals surface area contributed by atoms with Crippen LogP contribution in [0.15, 0.2) is 34.5 Å². The van der Waals surface area contributed by atoms with E-state index in [2.05, 4.69) is 9.59 Å². The Hall–Kier alpha value is -1.20. The highest BCUT2D eigenvalue weighted by atomic mass is 32.2. The summed E-state index contributed by atoms with van der Waals surface area (Å²) in [5.74, 6) is -0.0614. The average Bonchev–Trinajstić information content (AvgIpc) is 2.77. The summed E-state index contributed by atoms with van der Waals surface area (Å²) >= 11 is 2.75. The number of benzene rings is 1. The van der Waals surface area contributed by atoms with E-state index in [1.54, 1.807) is 12.1 Å². The normalized spacial score (nSPS) is 10.2. The molecule has 1 aromatic heterocycles. The Kier molecular flexibility index (Phi) is 3.13. The van der Waals surface area contributed by atoms with Crippen LogP contribution in [0.5, 0.6) is 0 Å². The third-order valence-corrected chi connectivity index (χ3v) is 3.70. The largest absolute Gasteiger partial charge is 0.287 e. The molecule has 1 aromatic carbocycles. The van der Waals surface area contributed by atoms with Crippen molar-refractivity contribution in [1.82, 2.24) is 9.59 Å². The molecule has 0 aliphatic rings. The van der Waals surface area contributed by atoms with E-state index in [0.717, 1.165) is 4.21 Å². The van der Waals surface area contributed by atoms with Gasteiger partial charge in [-0.05, 0) is 17.8 Å². The van der Waals surface area contributed by atoms with Crippen LogP contribution in [0.1, 0.15) is 16.1 Å². The maximum Gasteiger partial charge on any atom is 0.215 e. The van der Waals surface area contributed by atoms with Crippen LogP contribution in [-0.2, 0) is 0 Å². The standard InChI is InChI=1S/C10H8N2OS2/c1-14-10-8(11-12-15-10)9(13)7-5-3-2-4-6-7/h2-6H,1H3. The molecule has 0 fully saturated rings. The van der Waals surface area contributed by atoms with Crippen molar-refractivity contribution in [1.29, 1.82) is 0 Å². The van der Waals surface area contributed by atoms with Crippen LogP contribution in [0.2, 0.25) is 0 Å². The van der Waals surface area contributed by atoms with Gasteiger partial charge < -0.3 is 0 Å². The van der Waals surface area contributed by atoms with E-state index >= 15 is 0 Å². The van der Waals surface area contributed by atoms with E-state index in [9.17, 15) is 4.79 Å². The van der Waals surface area contributed by atoms with Gasteiger partial charge in [-0.3, -0.25) is 4.79 Å². The molecule has 0 N–H and O–H groups in total. The first-order valence-electron chi connectivity index (χ1n) is 4.29. The minimum absolute atomic E-state index is 0.0614. The maximum atomic E-state index is 12.0. The lowest BCUT2D eigenvalue weighted by Gasteiger charge is -1.97. The van der Waals surface area contributed by atoms with Gasteiger partial charge in [0.2, 0.25) is 5.78 Å². The second-order valence-corrected chi connectivity index (χ2v) is 4.64. The summed E-state index contributed by atoms with van der Waals surface area (Å²) in [6.07, 6.45) is 1.91. The van der Waals surface area contributed by atoms with Gasteiger partial charge in [-0.15, -0.1) is 16.9 Å². The topological polar surface area (TPSA) is 42.9 Å². The molecule has 0 amide bonds. The van der Waals surface area contributed by atoms with E-state index < -0.39 is 0 Å². The number of hydrogen-bond donors (Lipinski definition) is 0. The van der Waals surface area contributed by atoms with Gasteiger partial charge in [0.1, 0.15) is 4.21 Å². The zero-order valence-corrected chi connectivity index (χ0v) is 9.64. The molecule has 0 spiro atoms. The van der Waals surface area contributed by atoms with Crippen molar-refractivity contribution >= 4 is 29.1 Å². The number of thioether (sulfide) groups is 1. The summed E-state index contributed by atoms with van der Waals surface area (Å²) in [6, 6.07) is 9.13. The van der Waals surface area contributed by atoms with Gasteiger partial charge in [0.15, 0.2) is 5.69 Å². The highest BCUT2D eigenvalue weighted by Gasteiger charge is 2.16. The molecule has 0 saturated carbocycles. The Morgan fingerprint density at radius 2 is 2.07 bits per heavy atom. The third-order valence-electron chi connectivity index (χ3n) is 1.89. The van der Waals surface area contributed by atoms with Crippen molar-refractivity contribution in [3.05, 3.63) is 41.6 Å². The summed E-state index contributed by atoms with van der Waals surface area (Å²) in [4.78, 5) is 12.0. The third kappa shape index (κ3) is 2.08. The molecule has 0 saturated heterocycles. The number of ketones is 1. The first-order chi connectivity index (χ1) is 7.33. The van der Waals surface area contributed by atoms with Gasteiger partial charge in [0, 0.05) is 5.56 Å². The Morgan fingerprint density at radius 1 is 1.33 bits per heavy atom. The Bertz CT molecular complexity index is 467. The molecular weight excluding hydrogens is 228 g/mol. The monoisotopic (exact) mass is 236 g/mol. The Balaban J connectivity index is 2.37. The van der Waals surface area contributed by atoms with Crippen LogP contribution in [-0.4, -0.2) is 21.6 Å². The molecule has 15 heavy (non-hydrogen) atoms. The molecule has 1 heterocycles. The predicted molar refractivity (Wildman–Crippen MR) is 61.6 cm³/mol.